The van der Waals surface area contributed by atoms with Gasteiger partial charge in [-0.1, -0.05) is 25.4 Å². The molecule has 0 aromatic carbocycles. The van der Waals surface area contributed by atoms with E-state index < -0.39 is 0 Å². The summed E-state index contributed by atoms with van der Waals surface area (Å²) in [5.41, 5.74) is 1.14. The van der Waals surface area contributed by atoms with Gasteiger partial charge in [0.2, 0.25) is 0 Å². The first-order valence-corrected chi connectivity index (χ1v) is 5.68. The van der Waals surface area contributed by atoms with Crippen molar-refractivity contribution < 1.29 is 0 Å². The van der Waals surface area contributed by atoms with Crippen LogP contribution >= 0.6 is 11.6 Å². The van der Waals surface area contributed by atoms with Crippen LogP contribution in [0.4, 0.5) is 0 Å². The van der Waals surface area contributed by atoms with Gasteiger partial charge in [-0.05, 0) is 26.0 Å². The highest BCUT2D eigenvalue weighted by atomic mass is 35.5. The number of fused-ring (bicyclic) bond motifs is 1. The predicted molar refractivity (Wildman–Crippen MR) is 66.5 cm³/mol. The molecule has 3 heteroatoms. The van der Waals surface area contributed by atoms with Gasteiger partial charge in [-0.3, -0.25) is 0 Å². The van der Waals surface area contributed by atoms with Crippen LogP contribution in [0.3, 0.4) is 0 Å². The van der Waals surface area contributed by atoms with Crippen LogP contribution < -0.4 is 0 Å². The van der Waals surface area contributed by atoms with E-state index in [2.05, 4.69) is 35.7 Å². The van der Waals surface area contributed by atoms with Gasteiger partial charge in [0.1, 0.15) is 5.15 Å². The fourth-order valence-corrected chi connectivity index (χ4v) is 1.64. The van der Waals surface area contributed by atoms with E-state index in [4.69, 9.17) is 11.6 Å². The highest BCUT2D eigenvalue weighted by molar-refractivity contribution is 6.30. The van der Waals surface area contributed by atoms with E-state index in [0.29, 0.717) is 11.2 Å². The Kier molecular flexibility index (Phi) is 4.15. The molecule has 2 rings (SSSR count). The average molecular weight is 225 g/mol. The lowest BCUT2D eigenvalue weighted by molar-refractivity contribution is 0.622. The molecular formula is C12H17ClN2. The van der Waals surface area contributed by atoms with Gasteiger partial charge in [0.15, 0.2) is 0 Å². The van der Waals surface area contributed by atoms with Gasteiger partial charge >= 0.3 is 0 Å². The molecule has 2 nitrogen and oxygen atoms in total. The average Bonchev–Trinajstić information content (AvgIpc) is 2.63. The van der Waals surface area contributed by atoms with Crippen LogP contribution in [0.1, 0.15) is 33.7 Å². The zero-order valence-corrected chi connectivity index (χ0v) is 10.4. The van der Waals surface area contributed by atoms with Gasteiger partial charge < -0.3 is 4.57 Å². The summed E-state index contributed by atoms with van der Waals surface area (Å²) in [6, 6.07) is 4.40. The molecule has 0 bridgehead atoms. The molecule has 0 spiro atoms. The minimum absolute atomic E-state index is 0.459. The smallest absolute Gasteiger partial charge is 0.129 e. The third kappa shape index (κ3) is 2.51. The van der Waals surface area contributed by atoms with Crippen molar-refractivity contribution in [2.45, 2.75) is 33.7 Å². The van der Waals surface area contributed by atoms with E-state index >= 15 is 0 Å². The van der Waals surface area contributed by atoms with Crippen LogP contribution in [0, 0.1) is 0 Å². The van der Waals surface area contributed by atoms with E-state index in [9.17, 15) is 0 Å². The summed E-state index contributed by atoms with van der Waals surface area (Å²) in [6.45, 7) is 8.29. The Morgan fingerprint density at radius 3 is 2.60 bits per heavy atom. The third-order valence-corrected chi connectivity index (χ3v) is 2.34. The van der Waals surface area contributed by atoms with Gasteiger partial charge in [0.05, 0.1) is 11.7 Å². The maximum Gasteiger partial charge on any atom is 0.129 e. The summed E-state index contributed by atoms with van der Waals surface area (Å²) in [5, 5.41) is 1.70. The van der Waals surface area contributed by atoms with Crippen molar-refractivity contribution in [2.75, 3.05) is 0 Å². The van der Waals surface area contributed by atoms with Crippen molar-refractivity contribution in [1.82, 2.24) is 9.55 Å². The monoisotopic (exact) mass is 224 g/mol. The highest BCUT2D eigenvalue weighted by Crippen LogP contribution is 2.21. The zero-order chi connectivity index (χ0) is 11.4. The molecule has 0 saturated carbocycles. The molecule has 0 radical (unpaired) electrons. The molecule has 0 unspecified atom stereocenters. The molecule has 0 N–H and O–H groups in total. The Balaban J connectivity index is 0.000000531. The zero-order valence-electron chi connectivity index (χ0n) is 9.66. The number of hydrogen-bond donors (Lipinski definition) is 0. The predicted octanol–water partition coefficient (Wildman–Crippen LogP) is 4.30. The minimum Gasteiger partial charge on any atom is -0.344 e. The van der Waals surface area contributed by atoms with Crippen LogP contribution in [0.15, 0.2) is 24.5 Å². The SMILES string of the molecule is CC.CC(C)n1ccc2cc(Cl)ncc21. The van der Waals surface area contributed by atoms with Crippen LogP contribution in [0.2, 0.25) is 5.15 Å². The largest absolute Gasteiger partial charge is 0.344 e. The van der Waals surface area contributed by atoms with Gasteiger partial charge in [-0.15, -0.1) is 0 Å². The number of hydrogen-bond acceptors (Lipinski definition) is 1. The van der Waals surface area contributed by atoms with Crippen molar-refractivity contribution in [3.8, 4) is 0 Å². The van der Waals surface area contributed by atoms with Crippen molar-refractivity contribution in [3.05, 3.63) is 29.7 Å². The first kappa shape index (κ1) is 12.1. The number of aromatic nitrogens is 2. The first-order valence-electron chi connectivity index (χ1n) is 5.30. The second-order valence-corrected chi connectivity index (χ2v) is 3.77. The molecule has 0 aliphatic carbocycles. The molecule has 2 aromatic heterocycles. The van der Waals surface area contributed by atoms with E-state index in [0.717, 1.165) is 10.9 Å². The Hall–Kier alpha value is -1.02. The van der Waals surface area contributed by atoms with Crippen LogP contribution in [-0.4, -0.2) is 9.55 Å². The van der Waals surface area contributed by atoms with Gasteiger partial charge in [-0.2, -0.15) is 0 Å². The van der Waals surface area contributed by atoms with Crippen molar-refractivity contribution >= 4 is 22.5 Å². The van der Waals surface area contributed by atoms with Crippen LogP contribution in [0.5, 0.6) is 0 Å². The standard InChI is InChI=1S/C10H11ClN2.C2H6/c1-7(2)13-4-3-8-5-10(11)12-6-9(8)13;1-2/h3-7H,1-2H3;1-2H3. The van der Waals surface area contributed by atoms with Crippen LogP contribution in [-0.2, 0) is 0 Å². The summed E-state index contributed by atoms with van der Waals surface area (Å²) in [6.07, 6.45) is 3.88. The number of rotatable bonds is 1. The second kappa shape index (κ2) is 5.17. The summed E-state index contributed by atoms with van der Waals surface area (Å²) < 4.78 is 2.18. The Bertz CT molecular complexity index is 432. The number of nitrogens with zero attached hydrogens (tertiary/aromatic N) is 2. The second-order valence-electron chi connectivity index (χ2n) is 3.38. The van der Waals surface area contributed by atoms with Gasteiger partial charge in [-0.25, -0.2) is 4.98 Å². The van der Waals surface area contributed by atoms with E-state index in [1.807, 2.05) is 26.1 Å². The molecule has 15 heavy (non-hydrogen) atoms. The quantitative estimate of drug-likeness (QED) is 0.661. The highest BCUT2D eigenvalue weighted by Gasteiger charge is 2.04. The molecule has 2 aromatic rings. The lowest BCUT2D eigenvalue weighted by Gasteiger charge is -2.08. The molecule has 2 heterocycles. The first-order chi connectivity index (χ1) is 7.18. The van der Waals surface area contributed by atoms with E-state index in [1.54, 1.807) is 0 Å². The summed E-state index contributed by atoms with van der Waals surface area (Å²) >= 11 is 5.79. The maximum absolute atomic E-state index is 5.79. The number of pyridine rings is 1. The topological polar surface area (TPSA) is 17.8 Å². The lowest BCUT2D eigenvalue weighted by atomic mass is 10.3. The molecule has 0 amide bonds. The molecule has 0 aliphatic rings. The molecule has 0 saturated heterocycles. The van der Waals surface area contributed by atoms with Crippen molar-refractivity contribution in [2.24, 2.45) is 0 Å². The Labute approximate surface area is 95.9 Å². The van der Waals surface area contributed by atoms with E-state index in [1.165, 1.54) is 0 Å². The fraction of sp³-hybridized carbons (Fsp3) is 0.417. The Morgan fingerprint density at radius 1 is 1.33 bits per heavy atom. The lowest BCUT2D eigenvalue weighted by Crippen LogP contribution is -1.97. The number of halogens is 1. The van der Waals surface area contributed by atoms with Crippen molar-refractivity contribution in [3.63, 3.8) is 0 Å². The molecule has 0 atom stereocenters. The maximum atomic E-state index is 5.79. The summed E-state index contributed by atoms with van der Waals surface area (Å²) in [4.78, 5) is 4.07. The van der Waals surface area contributed by atoms with Gasteiger partial charge in [0.25, 0.3) is 0 Å². The third-order valence-electron chi connectivity index (χ3n) is 2.13. The summed E-state index contributed by atoms with van der Waals surface area (Å²) in [7, 11) is 0. The molecule has 82 valence electrons. The van der Waals surface area contributed by atoms with E-state index in [-0.39, 0.29) is 0 Å². The molecule has 0 fully saturated rings. The minimum atomic E-state index is 0.459. The molecule has 0 aliphatic heterocycles. The summed E-state index contributed by atoms with van der Waals surface area (Å²) in [5.74, 6) is 0. The fourth-order valence-electron chi connectivity index (χ4n) is 1.48. The Morgan fingerprint density at radius 2 is 2.00 bits per heavy atom. The van der Waals surface area contributed by atoms with Crippen molar-refractivity contribution in [1.29, 1.82) is 0 Å². The normalized spacial score (nSPS) is 10.3. The van der Waals surface area contributed by atoms with Crippen LogP contribution in [0.25, 0.3) is 10.9 Å². The van der Waals surface area contributed by atoms with Gasteiger partial charge in [0, 0.05) is 17.6 Å². The molecular weight excluding hydrogens is 208 g/mol.